The average molecular weight is 421 g/mol. The van der Waals surface area contributed by atoms with Crippen molar-refractivity contribution in [1.82, 2.24) is 14.8 Å². The number of amides is 1. The van der Waals surface area contributed by atoms with Gasteiger partial charge in [0.1, 0.15) is 0 Å². The zero-order valence-corrected chi connectivity index (χ0v) is 17.9. The van der Waals surface area contributed by atoms with E-state index in [2.05, 4.69) is 75.4 Å². The number of aromatic nitrogens is 1. The number of carbonyl (C=O) groups is 1. The molecule has 0 spiro atoms. The SMILES string of the molecule is NC(=O)C(Cc1cscn1)N1CCN(Cc2ccccc2)[C@H](Cc2ccccc2)C1. The fourth-order valence-electron chi connectivity index (χ4n) is 4.25. The molecule has 1 amide bonds. The second kappa shape index (κ2) is 9.98. The van der Waals surface area contributed by atoms with Gasteiger partial charge in [0.15, 0.2) is 0 Å². The number of nitrogens with zero attached hydrogens (tertiary/aromatic N) is 3. The molecule has 2 atom stereocenters. The van der Waals surface area contributed by atoms with Crippen LogP contribution >= 0.6 is 11.3 Å². The maximum atomic E-state index is 12.3. The minimum absolute atomic E-state index is 0.266. The summed E-state index contributed by atoms with van der Waals surface area (Å²) < 4.78 is 0. The summed E-state index contributed by atoms with van der Waals surface area (Å²) in [5.41, 5.74) is 11.2. The number of benzene rings is 2. The Bertz CT molecular complexity index is 917. The van der Waals surface area contributed by atoms with Gasteiger partial charge in [0, 0.05) is 44.0 Å². The highest BCUT2D eigenvalue weighted by Crippen LogP contribution is 2.21. The summed E-state index contributed by atoms with van der Waals surface area (Å²) in [6, 6.07) is 21.2. The van der Waals surface area contributed by atoms with E-state index >= 15 is 0 Å². The fourth-order valence-corrected chi connectivity index (χ4v) is 4.82. The average Bonchev–Trinajstić information content (AvgIpc) is 3.28. The number of nitrogens with two attached hydrogens (primary N) is 1. The van der Waals surface area contributed by atoms with Gasteiger partial charge in [-0.15, -0.1) is 11.3 Å². The number of hydrogen-bond donors (Lipinski definition) is 1. The highest BCUT2D eigenvalue weighted by atomic mass is 32.1. The monoisotopic (exact) mass is 420 g/mol. The van der Waals surface area contributed by atoms with Gasteiger partial charge >= 0.3 is 0 Å². The molecule has 2 aromatic carbocycles. The van der Waals surface area contributed by atoms with Crippen LogP contribution in [0.15, 0.2) is 71.6 Å². The van der Waals surface area contributed by atoms with E-state index in [0.717, 1.165) is 38.3 Å². The van der Waals surface area contributed by atoms with E-state index in [0.29, 0.717) is 12.5 Å². The molecule has 30 heavy (non-hydrogen) atoms. The molecule has 1 unspecified atom stereocenters. The maximum Gasteiger partial charge on any atom is 0.235 e. The van der Waals surface area contributed by atoms with Crippen molar-refractivity contribution in [3.63, 3.8) is 0 Å². The number of hydrogen-bond acceptors (Lipinski definition) is 5. The lowest BCUT2D eigenvalue weighted by molar-refractivity contribution is -0.124. The van der Waals surface area contributed by atoms with Crippen LogP contribution in [0, 0.1) is 0 Å². The largest absolute Gasteiger partial charge is 0.368 e. The number of piperazine rings is 1. The molecule has 6 heteroatoms. The molecule has 5 nitrogen and oxygen atoms in total. The van der Waals surface area contributed by atoms with Gasteiger partial charge < -0.3 is 5.73 Å². The summed E-state index contributed by atoms with van der Waals surface area (Å²) in [6.45, 7) is 3.47. The molecule has 0 aliphatic carbocycles. The van der Waals surface area contributed by atoms with Crippen LogP contribution in [0.3, 0.4) is 0 Å². The van der Waals surface area contributed by atoms with Crippen LogP contribution in [0.2, 0.25) is 0 Å². The lowest BCUT2D eigenvalue weighted by atomic mass is 9.99. The van der Waals surface area contributed by atoms with Crippen molar-refractivity contribution < 1.29 is 4.79 Å². The van der Waals surface area contributed by atoms with E-state index in [4.69, 9.17) is 5.73 Å². The third-order valence-electron chi connectivity index (χ3n) is 5.83. The van der Waals surface area contributed by atoms with Gasteiger partial charge in [-0.05, 0) is 17.5 Å². The molecule has 0 bridgehead atoms. The molecule has 1 aliphatic heterocycles. The Balaban J connectivity index is 1.52. The first-order valence-corrected chi connectivity index (χ1v) is 11.4. The summed E-state index contributed by atoms with van der Waals surface area (Å²) in [5.74, 6) is -0.266. The highest BCUT2D eigenvalue weighted by Gasteiger charge is 2.33. The Morgan fingerprint density at radius 2 is 1.77 bits per heavy atom. The number of thiazole rings is 1. The summed E-state index contributed by atoms with van der Waals surface area (Å²) in [7, 11) is 0. The van der Waals surface area contributed by atoms with Gasteiger partial charge in [0.25, 0.3) is 0 Å². The lowest BCUT2D eigenvalue weighted by Gasteiger charge is -2.44. The van der Waals surface area contributed by atoms with Crippen LogP contribution in [0.25, 0.3) is 0 Å². The summed E-state index contributed by atoms with van der Waals surface area (Å²) in [6.07, 6.45) is 1.53. The zero-order valence-electron chi connectivity index (χ0n) is 17.1. The first-order chi connectivity index (χ1) is 14.7. The molecular weight excluding hydrogens is 392 g/mol. The Labute approximate surface area is 182 Å². The van der Waals surface area contributed by atoms with Crippen LogP contribution in [-0.4, -0.2) is 52.4 Å². The van der Waals surface area contributed by atoms with Gasteiger partial charge in [0.05, 0.1) is 17.2 Å². The number of primary amides is 1. The topological polar surface area (TPSA) is 62.5 Å². The first kappa shape index (κ1) is 20.7. The summed E-state index contributed by atoms with van der Waals surface area (Å²) in [5, 5.41) is 2.00. The van der Waals surface area contributed by atoms with E-state index in [1.165, 1.54) is 11.1 Å². The Hall–Kier alpha value is -2.54. The van der Waals surface area contributed by atoms with Gasteiger partial charge in [-0.2, -0.15) is 0 Å². The van der Waals surface area contributed by atoms with Crippen molar-refractivity contribution in [2.45, 2.75) is 31.5 Å². The van der Waals surface area contributed by atoms with Crippen molar-refractivity contribution in [2.75, 3.05) is 19.6 Å². The second-order valence-electron chi connectivity index (χ2n) is 7.90. The minimum Gasteiger partial charge on any atom is -0.368 e. The number of rotatable bonds is 8. The molecule has 3 aromatic rings. The fraction of sp³-hybridized carbons (Fsp3) is 0.333. The predicted octanol–water partition coefficient (Wildman–Crippen LogP) is 2.97. The first-order valence-electron chi connectivity index (χ1n) is 10.4. The zero-order chi connectivity index (χ0) is 20.8. The molecule has 0 saturated carbocycles. The van der Waals surface area contributed by atoms with Crippen molar-refractivity contribution >= 4 is 17.2 Å². The Morgan fingerprint density at radius 3 is 2.40 bits per heavy atom. The van der Waals surface area contributed by atoms with Crippen molar-refractivity contribution in [2.24, 2.45) is 5.73 Å². The summed E-state index contributed by atoms with van der Waals surface area (Å²) >= 11 is 1.55. The van der Waals surface area contributed by atoms with Crippen LogP contribution in [0.4, 0.5) is 0 Å². The highest BCUT2D eigenvalue weighted by molar-refractivity contribution is 7.07. The van der Waals surface area contributed by atoms with Crippen molar-refractivity contribution in [3.05, 3.63) is 88.4 Å². The third kappa shape index (κ3) is 5.33. The standard InChI is InChI=1S/C24H28N4OS/c25-24(29)23(14-21-17-30-18-26-21)28-12-11-27(15-20-9-5-2-6-10-20)22(16-28)13-19-7-3-1-4-8-19/h1-10,17-18,22-23H,11-16H2,(H2,25,29)/t22-,23?/m1/s1. The summed E-state index contributed by atoms with van der Waals surface area (Å²) in [4.78, 5) is 21.5. The van der Waals surface area contributed by atoms with Crippen LogP contribution in [-0.2, 0) is 24.2 Å². The molecule has 1 aliphatic rings. The van der Waals surface area contributed by atoms with Crippen LogP contribution in [0.5, 0.6) is 0 Å². The predicted molar refractivity (Wildman–Crippen MR) is 121 cm³/mol. The smallest absolute Gasteiger partial charge is 0.235 e. The quantitative estimate of drug-likeness (QED) is 0.609. The van der Waals surface area contributed by atoms with Gasteiger partial charge in [0.2, 0.25) is 5.91 Å². The number of carbonyl (C=O) groups excluding carboxylic acids is 1. The van der Waals surface area contributed by atoms with Crippen molar-refractivity contribution in [3.8, 4) is 0 Å². The molecule has 4 rings (SSSR count). The lowest BCUT2D eigenvalue weighted by Crippen LogP contribution is -2.59. The Morgan fingerprint density at radius 1 is 1.07 bits per heavy atom. The van der Waals surface area contributed by atoms with Crippen LogP contribution in [0.1, 0.15) is 16.8 Å². The van der Waals surface area contributed by atoms with E-state index < -0.39 is 0 Å². The van der Waals surface area contributed by atoms with E-state index in [9.17, 15) is 4.79 Å². The van der Waals surface area contributed by atoms with Gasteiger partial charge in [-0.25, -0.2) is 4.98 Å². The van der Waals surface area contributed by atoms with E-state index in [-0.39, 0.29) is 11.9 Å². The van der Waals surface area contributed by atoms with E-state index in [1.807, 2.05) is 10.9 Å². The van der Waals surface area contributed by atoms with Crippen molar-refractivity contribution in [1.29, 1.82) is 0 Å². The molecule has 1 aromatic heterocycles. The van der Waals surface area contributed by atoms with E-state index in [1.54, 1.807) is 11.3 Å². The molecule has 2 N–H and O–H groups in total. The molecule has 2 heterocycles. The third-order valence-corrected chi connectivity index (χ3v) is 6.47. The van der Waals surface area contributed by atoms with Crippen LogP contribution < -0.4 is 5.73 Å². The normalized spacial score (nSPS) is 18.9. The minimum atomic E-state index is -0.316. The molecule has 156 valence electrons. The molecule has 1 fully saturated rings. The molecule has 0 radical (unpaired) electrons. The molecule has 1 saturated heterocycles. The Kier molecular flexibility index (Phi) is 6.89. The second-order valence-corrected chi connectivity index (χ2v) is 8.62. The molecular formula is C24H28N4OS. The van der Waals surface area contributed by atoms with Gasteiger partial charge in [-0.1, -0.05) is 60.7 Å². The van der Waals surface area contributed by atoms with Gasteiger partial charge in [-0.3, -0.25) is 14.6 Å². The maximum absolute atomic E-state index is 12.3.